The van der Waals surface area contributed by atoms with Gasteiger partial charge in [-0.2, -0.15) is 0 Å². The molecular formula is C12H16N2O4S. The van der Waals surface area contributed by atoms with Crippen molar-refractivity contribution >= 4 is 10.0 Å². The van der Waals surface area contributed by atoms with Crippen LogP contribution in [0.4, 0.5) is 0 Å². The van der Waals surface area contributed by atoms with Crippen molar-refractivity contribution in [3.8, 4) is 0 Å². The van der Waals surface area contributed by atoms with E-state index in [0.29, 0.717) is 12.1 Å². The molecule has 2 aromatic rings. The average molecular weight is 284 g/mol. The molecule has 0 bridgehead atoms. The molecule has 0 spiro atoms. The molecule has 0 aromatic carbocycles. The van der Waals surface area contributed by atoms with Gasteiger partial charge in [0.1, 0.15) is 16.3 Å². The Balaban J connectivity index is 2.13. The molecule has 104 valence electrons. The number of aromatic nitrogens is 1. The van der Waals surface area contributed by atoms with Crippen molar-refractivity contribution in [2.24, 2.45) is 0 Å². The summed E-state index contributed by atoms with van der Waals surface area (Å²) >= 11 is 0. The van der Waals surface area contributed by atoms with Crippen LogP contribution in [0.5, 0.6) is 0 Å². The maximum Gasteiger partial charge on any atom is 0.246 e. The zero-order chi connectivity index (χ0) is 14.0. The monoisotopic (exact) mass is 284 g/mol. The predicted molar refractivity (Wildman–Crippen MR) is 68.2 cm³/mol. The Bertz CT molecular complexity index is 624. The molecule has 0 saturated carbocycles. The minimum absolute atomic E-state index is 0.110. The van der Waals surface area contributed by atoms with Crippen molar-refractivity contribution in [3.63, 3.8) is 0 Å². The third-order valence-electron chi connectivity index (χ3n) is 2.68. The van der Waals surface area contributed by atoms with Gasteiger partial charge in [-0.3, -0.25) is 0 Å². The van der Waals surface area contributed by atoms with E-state index < -0.39 is 10.0 Å². The highest BCUT2D eigenvalue weighted by molar-refractivity contribution is 7.89. The summed E-state index contributed by atoms with van der Waals surface area (Å²) in [5.41, 5.74) is 0.357. The Morgan fingerprint density at radius 3 is 2.68 bits per heavy atom. The number of aryl methyl sites for hydroxylation is 2. The summed E-state index contributed by atoms with van der Waals surface area (Å²) in [6.45, 7) is 4.95. The van der Waals surface area contributed by atoms with Crippen LogP contribution in [0.1, 0.15) is 24.1 Å². The molecule has 0 aliphatic carbocycles. The third-order valence-corrected chi connectivity index (χ3v) is 4.51. The van der Waals surface area contributed by atoms with Crippen molar-refractivity contribution in [3.05, 3.63) is 35.6 Å². The lowest BCUT2D eigenvalue weighted by atomic mass is 10.2. The summed E-state index contributed by atoms with van der Waals surface area (Å²) in [6.07, 6.45) is 2.04. The third kappa shape index (κ3) is 3.05. The van der Waals surface area contributed by atoms with Gasteiger partial charge in [-0.25, -0.2) is 13.1 Å². The largest absolute Gasteiger partial charge is 0.469 e. The van der Waals surface area contributed by atoms with E-state index in [2.05, 4.69) is 9.88 Å². The summed E-state index contributed by atoms with van der Waals surface area (Å²) in [6, 6.07) is 3.29. The molecule has 1 atom stereocenters. The maximum atomic E-state index is 12.2. The molecule has 0 fully saturated rings. The van der Waals surface area contributed by atoms with E-state index in [9.17, 15) is 8.42 Å². The smallest absolute Gasteiger partial charge is 0.246 e. The fourth-order valence-corrected chi connectivity index (χ4v) is 3.53. The van der Waals surface area contributed by atoms with Gasteiger partial charge in [-0.15, -0.1) is 0 Å². The average Bonchev–Trinajstić information content (AvgIpc) is 2.88. The number of nitrogens with zero attached hydrogens (tertiary/aromatic N) is 1. The summed E-state index contributed by atoms with van der Waals surface area (Å²) in [5.74, 6) is 1.02. The van der Waals surface area contributed by atoms with Crippen LogP contribution in [0, 0.1) is 13.8 Å². The number of sulfonamides is 1. The molecule has 7 heteroatoms. The number of hydrogen-bond donors (Lipinski definition) is 1. The van der Waals surface area contributed by atoms with Gasteiger partial charge in [0.15, 0.2) is 5.76 Å². The van der Waals surface area contributed by atoms with Crippen LogP contribution in [-0.4, -0.2) is 19.6 Å². The van der Waals surface area contributed by atoms with E-state index in [1.54, 1.807) is 39.2 Å². The number of nitrogens with one attached hydrogen (secondary N) is 1. The lowest BCUT2D eigenvalue weighted by Crippen LogP contribution is -2.34. The quantitative estimate of drug-likeness (QED) is 0.904. The first-order chi connectivity index (χ1) is 8.90. The second-order valence-corrected chi connectivity index (χ2v) is 6.11. The van der Waals surface area contributed by atoms with Gasteiger partial charge < -0.3 is 8.94 Å². The van der Waals surface area contributed by atoms with Crippen LogP contribution in [0.3, 0.4) is 0 Å². The Labute approximate surface area is 111 Å². The normalized spacial score (nSPS) is 13.6. The Kier molecular flexibility index (Phi) is 3.77. The van der Waals surface area contributed by atoms with E-state index in [1.807, 2.05) is 0 Å². The first-order valence-corrected chi connectivity index (χ1v) is 7.36. The molecule has 0 saturated heterocycles. The van der Waals surface area contributed by atoms with Crippen LogP contribution in [-0.2, 0) is 16.4 Å². The fraction of sp³-hybridized carbons (Fsp3) is 0.417. The fourth-order valence-electron chi connectivity index (χ4n) is 1.95. The van der Waals surface area contributed by atoms with E-state index in [0.717, 1.165) is 5.76 Å². The number of furan rings is 1. The van der Waals surface area contributed by atoms with Crippen LogP contribution in [0.2, 0.25) is 0 Å². The molecule has 0 radical (unpaired) electrons. The lowest BCUT2D eigenvalue weighted by Gasteiger charge is -2.12. The highest BCUT2D eigenvalue weighted by Crippen LogP contribution is 2.19. The van der Waals surface area contributed by atoms with Crippen molar-refractivity contribution < 1.29 is 17.4 Å². The minimum atomic E-state index is -3.63. The van der Waals surface area contributed by atoms with Gasteiger partial charge in [-0.05, 0) is 32.9 Å². The molecule has 0 aliphatic rings. The molecule has 0 amide bonds. The Morgan fingerprint density at radius 1 is 1.42 bits per heavy atom. The van der Waals surface area contributed by atoms with E-state index in [4.69, 9.17) is 8.94 Å². The highest BCUT2D eigenvalue weighted by Gasteiger charge is 2.25. The molecule has 2 heterocycles. The molecule has 2 aromatic heterocycles. The van der Waals surface area contributed by atoms with Gasteiger partial charge in [-0.1, -0.05) is 5.16 Å². The van der Waals surface area contributed by atoms with E-state index in [-0.39, 0.29) is 16.7 Å². The highest BCUT2D eigenvalue weighted by atomic mass is 32.2. The van der Waals surface area contributed by atoms with Gasteiger partial charge in [0.05, 0.1) is 6.26 Å². The van der Waals surface area contributed by atoms with Crippen LogP contribution < -0.4 is 4.72 Å². The molecule has 1 unspecified atom stereocenters. The van der Waals surface area contributed by atoms with Crippen molar-refractivity contribution in [1.29, 1.82) is 0 Å². The molecule has 19 heavy (non-hydrogen) atoms. The summed E-state index contributed by atoms with van der Waals surface area (Å²) in [4.78, 5) is 0.110. The van der Waals surface area contributed by atoms with E-state index >= 15 is 0 Å². The molecular weight excluding hydrogens is 268 g/mol. The molecule has 1 N–H and O–H groups in total. The van der Waals surface area contributed by atoms with Gasteiger partial charge in [0, 0.05) is 12.5 Å². The first-order valence-electron chi connectivity index (χ1n) is 5.87. The molecule has 6 nitrogen and oxygen atoms in total. The SMILES string of the molecule is Cc1noc(C)c1S(=O)(=O)NC(C)Cc1ccco1. The maximum absolute atomic E-state index is 12.2. The number of rotatable bonds is 5. The lowest BCUT2D eigenvalue weighted by molar-refractivity contribution is 0.390. The van der Waals surface area contributed by atoms with E-state index in [1.165, 1.54) is 0 Å². The summed E-state index contributed by atoms with van der Waals surface area (Å²) in [5, 5.41) is 3.65. The van der Waals surface area contributed by atoms with Crippen molar-refractivity contribution in [2.75, 3.05) is 0 Å². The predicted octanol–water partition coefficient (Wildman–Crippen LogP) is 1.79. The van der Waals surface area contributed by atoms with Gasteiger partial charge >= 0.3 is 0 Å². The Hall–Kier alpha value is -1.60. The second-order valence-electron chi connectivity index (χ2n) is 4.46. The van der Waals surface area contributed by atoms with Crippen LogP contribution in [0.25, 0.3) is 0 Å². The second kappa shape index (κ2) is 5.18. The zero-order valence-corrected chi connectivity index (χ0v) is 11.8. The van der Waals surface area contributed by atoms with Gasteiger partial charge in [0.25, 0.3) is 0 Å². The van der Waals surface area contributed by atoms with Crippen LogP contribution in [0.15, 0.2) is 32.2 Å². The van der Waals surface area contributed by atoms with Crippen molar-refractivity contribution in [1.82, 2.24) is 9.88 Å². The van der Waals surface area contributed by atoms with Crippen LogP contribution >= 0.6 is 0 Å². The number of hydrogen-bond acceptors (Lipinski definition) is 5. The summed E-state index contributed by atoms with van der Waals surface area (Å²) in [7, 11) is -3.63. The minimum Gasteiger partial charge on any atom is -0.469 e. The molecule has 2 rings (SSSR count). The first kappa shape index (κ1) is 13.8. The Morgan fingerprint density at radius 2 is 2.16 bits per heavy atom. The molecule has 0 aliphatic heterocycles. The van der Waals surface area contributed by atoms with Crippen molar-refractivity contribution in [2.45, 2.75) is 38.1 Å². The topological polar surface area (TPSA) is 85.3 Å². The summed E-state index contributed by atoms with van der Waals surface area (Å²) < 4.78 is 37.1. The zero-order valence-electron chi connectivity index (χ0n) is 11.0. The standard InChI is InChI=1S/C12H16N2O4S/c1-8(7-11-5-4-6-17-11)14-19(15,16)12-9(2)13-18-10(12)3/h4-6,8,14H,7H2,1-3H3. The van der Waals surface area contributed by atoms with Gasteiger partial charge in [0.2, 0.25) is 10.0 Å².